The number of nitrogens with zero attached hydrogens (tertiary/aromatic N) is 1. The molecule has 0 aliphatic carbocycles. The van der Waals surface area contributed by atoms with Gasteiger partial charge in [-0.1, -0.05) is 30.3 Å². The van der Waals surface area contributed by atoms with Crippen LogP contribution in [0.2, 0.25) is 0 Å². The summed E-state index contributed by atoms with van der Waals surface area (Å²) in [7, 11) is 4.61. The quantitative estimate of drug-likeness (QED) is 0.347. The Morgan fingerprint density at radius 3 is 2.14 bits per heavy atom. The summed E-state index contributed by atoms with van der Waals surface area (Å²) in [6, 6.07) is 16.5. The number of aryl methyl sites for hydroxylation is 2. The van der Waals surface area contributed by atoms with Crippen LogP contribution in [0.25, 0.3) is 11.0 Å². The number of benzene rings is 3. The second kappa shape index (κ2) is 9.65. The summed E-state index contributed by atoms with van der Waals surface area (Å²) >= 11 is 0. The molecule has 37 heavy (non-hydrogen) atoms. The number of hydrogen-bond acceptors (Lipinski definition) is 6. The summed E-state index contributed by atoms with van der Waals surface area (Å²) in [5.41, 5.74) is 4.25. The Morgan fingerprint density at radius 1 is 0.865 bits per heavy atom. The molecule has 1 unspecified atom stereocenters. The summed E-state index contributed by atoms with van der Waals surface area (Å²) in [4.78, 5) is 29.4. The maximum absolute atomic E-state index is 13.9. The van der Waals surface area contributed by atoms with Gasteiger partial charge in [0.05, 0.1) is 38.3 Å². The van der Waals surface area contributed by atoms with Crippen molar-refractivity contribution in [1.29, 1.82) is 0 Å². The third kappa shape index (κ3) is 4.10. The molecule has 4 aromatic rings. The standard InChI is InChI=1S/C30H29NO6/c1-17-13-21-22(14-18(17)2)37-29-25(27(21)32)26(20-15-23(34-3)28(36-5)24(16-20)35-4)31(30(29)33)12-11-19-9-7-6-8-10-19/h6-10,13-16,26H,11-12H2,1-5H3. The number of hydrogen-bond donors (Lipinski definition) is 0. The Bertz CT molecular complexity index is 1530. The van der Waals surface area contributed by atoms with Crippen molar-refractivity contribution in [1.82, 2.24) is 4.90 Å². The van der Waals surface area contributed by atoms with Gasteiger partial charge in [-0.25, -0.2) is 0 Å². The van der Waals surface area contributed by atoms with Gasteiger partial charge < -0.3 is 23.5 Å². The molecule has 3 aromatic carbocycles. The first-order chi connectivity index (χ1) is 17.9. The van der Waals surface area contributed by atoms with Crippen LogP contribution >= 0.6 is 0 Å². The molecule has 0 N–H and O–H groups in total. The maximum atomic E-state index is 13.9. The molecule has 1 amide bonds. The van der Waals surface area contributed by atoms with Gasteiger partial charge in [-0.05, 0) is 66.8 Å². The molecule has 7 nitrogen and oxygen atoms in total. The van der Waals surface area contributed by atoms with Gasteiger partial charge in [0.1, 0.15) is 5.58 Å². The monoisotopic (exact) mass is 499 g/mol. The Morgan fingerprint density at radius 2 is 1.51 bits per heavy atom. The molecule has 1 aliphatic heterocycles. The molecule has 0 saturated heterocycles. The van der Waals surface area contributed by atoms with Crippen molar-refractivity contribution in [2.24, 2.45) is 0 Å². The predicted octanol–water partition coefficient (Wildman–Crippen LogP) is 5.22. The predicted molar refractivity (Wildman–Crippen MR) is 141 cm³/mol. The van der Waals surface area contributed by atoms with Gasteiger partial charge in [0.15, 0.2) is 16.9 Å². The Labute approximate surface area is 215 Å². The van der Waals surface area contributed by atoms with Crippen molar-refractivity contribution < 1.29 is 23.4 Å². The van der Waals surface area contributed by atoms with Crippen molar-refractivity contribution in [3.05, 3.63) is 98.4 Å². The molecule has 0 saturated carbocycles. The molecule has 1 aromatic heterocycles. The topological polar surface area (TPSA) is 78.2 Å². The van der Waals surface area contributed by atoms with Crippen LogP contribution < -0.4 is 19.6 Å². The number of amides is 1. The lowest BCUT2D eigenvalue weighted by Crippen LogP contribution is -2.31. The minimum atomic E-state index is -0.679. The molecule has 0 bridgehead atoms. The summed E-state index contributed by atoms with van der Waals surface area (Å²) < 4.78 is 22.8. The number of ether oxygens (including phenoxy) is 3. The van der Waals surface area contributed by atoms with E-state index in [1.54, 1.807) is 17.0 Å². The zero-order chi connectivity index (χ0) is 26.3. The lowest BCUT2D eigenvalue weighted by molar-refractivity contribution is 0.0729. The van der Waals surface area contributed by atoms with Crippen molar-refractivity contribution in [3.63, 3.8) is 0 Å². The Balaban J connectivity index is 1.72. The lowest BCUT2D eigenvalue weighted by Gasteiger charge is -2.26. The second-order valence-electron chi connectivity index (χ2n) is 9.20. The SMILES string of the molecule is COc1cc(C2c3c(oc4cc(C)c(C)cc4c3=O)C(=O)N2CCc2ccccc2)cc(OC)c1OC. The maximum Gasteiger partial charge on any atom is 0.290 e. The molecule has 0 radical (unpaired) electrons. The zero-order valence-corrected chi connectivity index (χ0v) is 21.6. The highest BCUT2D eigenvalue weighted by Gasteiger charge is 2.43. The number of methoxy groups -OCH3 is 3. The number of carbonyl (C=O) groups excluding carboxylic acids is 1. The highest BCUT2D eigenvalue weighted by Crippen LogP contribution is 2.45. The highest BCUT2D eigenvalue weighted by molar-refractivity contribution is 5.99. The summed E-state index contributed by atoms with van der Waals surface area (Å²) in [6.07, 6.45) is 0.618. The average Bonchev–Trinajstić information content (AvgIpc) is 3.19. The van der Waals surface area contributed by atoms with E-state index in [0.29, 0.717) is 52.3 Å². The van der Waals surface area contributed by atoms with Gasteiger partial charge in [0, 0.05) is 6.54 Å². The fourth-order valence-electron chi connectivity index (χ4n) is 5.01. The van der Waals surface area contributed by atoms with E-state index in [4.69, 9.17) is 18.6 Å². The van der Waals surface area contributed by atoms with E-state index in [9.17, 15) is 9.59 Å². The van der Waals surface area contributed by atoms with Crippen molar-refractivity contribution in [2.45, 2.75) is 26.3 Å². The molecular weight excluding hydrogens is 470 g/mol. The largest absolute Gasteiger partial charge is 0.493 e. The van der Waals surface area contributed by atoms with Gasteiger partial charge in [-0.3, -0.25) is 9.59 Å². The van der Waals surface area contributed by atoms with Gasteiger partial charge >= 0.3 is 0 Å². The lowest BCUT2D eigenvalue weighted by atomic mass is 9.96. The molecule has 1 aliphatic rings. The Hall–Kier alpha value is -4.26. The van der Waals surface area contributed by atoms with Crippen LogP contribution in [0.1, 0.15) is 44.4 Å². The van der Waals surface area contributed by atoms with Crippen molar-refractivity contribution in [2.75, 3.05) is 27.9 Å². The third-order valence-corrected chi connectivity index (χ3v) is 7.07. The van der Waals surface area contributed by atoms with E-state index < -0.39 is 6.04 Å². The van der Waals surface area contributed by atoms with Crippen LogP contribution in [0.4, 0.5) is 0 Å². The van der Waals surface area contributed by atoms with E-state index in [1.165, 1.54) is 21.3 Å². The minimum absolute atomic E-state index is 0.0765. The molecular formula is C30H29NO6. The first-order valence-corrected chi connectivity index (χ1v) is 12.1. The van der Waals surface area contributed by atoms with E-state index in [1.807, 2.05) is 56.3 Å². The van der Waals surface area contributed by atoms with E-state index >= 15 is 0 Å². The second-order valence-corrected chi connectivity index (χ2v) is 9.20. The van der Waals surface area contributed by atoms with Crippen LogP contribution in [0, 0.1) is 13.8 Å². The van der Waals surface area contributed by atoms with Gasteiger partial charge in [-0.15, -0.1) is 0 Å². The third-order valence-electron chi connectivity index (χ3n) is 7.07. The summed E-state index contributed by atoms with van der Waals surface area (Å²) in [5.74, 6) is 1.08. The summed E-state index contributed by atoms with van der Waals surface area (Å²) in [6.45, 7) is 4.30. The Kier molecular flexibility index (Phi) is 6.38. The van der Waals surface area contributed by atoms with Crippen LogP contribution in [-0.2, 0) is 6.42 Å². The number of fused-ring (bicyclic) bond motifs is 2. The molecule has 0 fully saturated rings. The smallest absolute Gasteiger partial charge is 0.290 e. The number of rotatable bonds is 7. The van der Waals surface area contributed by atoms with E-state index in [0.717, 1.165) is 16.7 Å². The molecule has 190 valence electrons. The fourth-order valence-corrected chi connectivity index (χ4v) is 5.01. The molecule has 2 heterocycles. The van der Waals surface area contributed by atoms with Crippen LogP contribution in [0.15, 0.2) is 63.8 Å². The average molecular weight is 500 g/mol. The van der Waals surface area contributed by atoms with Crippen LogP contribution in [0.5, 0.6) is 17.2 Å². The minimum Gasteiger partial charge on any atom is -0.493 e. The normalized spacial score (nSPS) is 14.7. The van der Waals surface area contributed by atoms with Gasteiger partial charge in [-0.2, -0.15) is 0 Å². The van der Waals surface area contributed by atoms with Crippen molar-refractivity contribution >= 4 is 16.9 Å². The fraction of sp³-hybridized carbons (Fsp3) is 0.267. The molecule has 1 atom stereocenters. The van der Waals surface area contributed by atoms with Crippen molar-refractivity contribution in [3.8, 4) is 17.2 Å². The molecule has 0 spiro atoms. The number of carbonyl (C=O) groups is 1. The van der Waals surface area contributed by atoms with E-state index in [2.05, 4.69) is 0 Å². The first kappa shape index (κ1) is 24.4. The van der Waals surface area contributed by atoms with Crippen LogP contribution in [0.3, 0.4) is 0 Å². The zero-order valence-electron chi connectivity index (χ0n) is 21.6. The molecule has 7 heteroatoms. The molecule has 5 rings (SSSR count). The highest BCUT2D eigenvalue weighted by atomic mass is 16.5. The summed E-state index contributed by atoms with van der Waals surface area (Å²) in [5, 5.41) is 0.456. The van der Waals surface area contributed by atoms with E-state index in [-0.39, 0.29) is 17.1 Å². The van der Waals surface area contributed by atoms with Gasteiger partial charge in [0.2, 0.25) is 11.5 Å². The van der Waals surface area contributed by atoms with Gasteiger partial charge in [0.25, 0.3) is 5.91 Å². The van der Waals surface area contributed by atoms with Crippen LogP contribution in [-0.4, -0.2) is 38.7 Å². The first-order valence-electron chi connectivity index (χ1n) is 12.1.